The number of ether oxygens (including phenoxy) is 1. The second-order valence-corrected chi connectivity index (χ2v) is 4.09. The van der Waals surface area contributed by atoms with Gasteiger partial charge in [-0.1, -0.05) is 19.1 Å². The molecule has 0 saturated carbocycles. The molecule has 2 rings (SSSR count). The molecular formula is C13H14F3N3O. The van der Waals surface area contributed by atoms with Crippen LogP contribution in [0.5, 0.6) is 5.75 Å². The number of imidazole rings is 1. The van der Waals surface area contributed by atoms with Crippen molar-refractivity contribution in [2.24, 2.45) is 0 Å². The van der Waals surface area contributed by atoms with Gasteiger partial charge in [0.2, 0.25) is 0 Å². The minimum Gasteiger partial charge on any atom is -0.406 e. The van der Waals surface area contributed by atoms with E-state index in [1.54, 1.807) is 18.5 Å². The Kier molecular flexibility index (Phi) is 4.29. The maximum absolute atomic E-state index is 12.2. The number of alkyl halides is 3. The zero-order valence-electron chi connectivity index (χ0n) is 10.7. The van der Waals surface area contributed by atoms with Gasteiger partial charge in [-0.3, -0.25) is 0 Å². The van der Waals surface area contributed by atoms with Crippen molar-refractivity contribution in [3.8, 4) is 5.75 Å². The molecule has 1 aromatic carbocycles. The molecule has 0 amide bonds. The number of rotatable bonds is 5. The zero-order valence-corrected chi connectivity index (χ0v) is 10.7. The summed E-state index contributed by atoms with van der Waals surface area (Å²) in [5.41, 5.74) is 0.642. The van der Waals surface area contributed by atoms with Gasteiger partial charge in [-0.15, -0.1) is 13.2 Å². The first-order valence-electron chi connectivity index (χ1n) is 6.08. The summed E-state index contributed by atoms with van der Waals surface area (Å²) in [5, 5.41) is 3.16. The first-order chi connectivity index (χ1) is 9.49. The number of hydrogen-bond acceptors (Lipinski definition) is 3. The Morgan fingerprint density at radius 1 is 1.40 bits per heavy atom. The molecule has 0 fully saturated rings. The SMILES string of the molecule is CCNC(c1cccc(OC(F)(F)F)c1)c1ncc[nH]1. The molecule has 0 bridgehead atoms. The van der Waals surface area contributed by atoms with E-state index in [1.165, 1.54) is 18.2 Å². The minimum absolute atomic E-state index is 0.246. The third kappa shape index (κ3) is 3.74. The standard InChI is InChI=1S/C13H14F3N3O/c1-2-17-11(12-18-6-7-19-12)9-4-3-5-10(8-9)20-13(14,15)16/h3-8,11,17H,2H2,1H3,(H,18,19). The average molecular weight is 285 g/mol. The largest absolute Gasteiger partial charge is 0.573 e. The van der Waals surface area contributed by atoms with Gasteiger partial charge in [0.25, 0.3) is 0 Å². The molecule has 0 spiro atoms. The molecule has 7 heteroatoms. The van der Waals surface area contributed by atoms with Crippen molar-refractivity contribution in [1.29, 1.82) is 0 Å². The summed E-state index contributed by atoms with van der Waals surface area (Å²) in [7, 11) is 0. The highest BCUT2D eigenvalue weighted by Gasteiger charge is 2.31. The third-order valence-corrected chi connectivity index (χ3v) is 2.63. The summed E-state index contributed by atoms with van der Waals surface area (Å²) >= 11 is 0. The normalized spacial score (nSPS) is 13.2. The molecule has 108 valence electrons. The van der Waals surface area contributed by atoms with Crippen LogP contribution in [-0.4, -0.2) is 22.9 Å². The first kappa shape index (κ1) is 14.4. The summed E-state index contributed by atoms with van der Waals surface area (Å²) in [6.07, 6.45) is -1.44. The molecule has 0 aliphatic rings. The average Bonchev–Trinajstić information content (AvgIpc) is 2.87. The van der Waals surface area contributed by atoms with E-state index >= 15 is 0 Å². The molecule has 2 N–H and O–H groups in total. The number of benzene rings is 1. The Balaban J connectivity index is 2.27. The molecular weight excluding hydrogens is 271 g/mol. The summed E-state index contributed by atoms with van der Waals surface area (Å²) < 4.78 is 40.6. The number of aromatic nitrogens is 2. The van der Waals surface area contributed by atoms with Crippen LogP contribution in [0, 0.1) is 0 Å². The smallest absolute Gasteiger partial charge is 0.406 e. The van der Waals surface area contributed by atoms with Crippen LogP contribution in [0.1, 0.15) is 24.4 Å². The summed E-state index contributed by atoms with van der Waals surface area (Å²) in [4.78, 5) is 7.09. The van der Waals surface area contributed by atoms with Crippen molar-refractivity contribution >= 4 is 0 Å². The van der Waals surface area contributed by atoms with E-state index < -0.39 is 6.36 Å². The van der Waals surface area contributed by atoms with Gasteiger partial charge < -0.3 is 15.0 Å². The monoisotopic (exact) mass is 285 g/mol. The van der Waals surface area contributed by atoms with Gasteiger partial charge in [0, 0.05) is 12.4 Å². The summed E-state index contributed by atoms with van der Waals surface area (Å²) in [6.45, 7) is 2.56. The number of nitrogens with one attached hydrogen (secondary N) is 2. The van der Waals surface area contributed by atoms with Crippen molar-refractivity contribution in [3.05, 3.63) is 48.0 Å². The number of H-pyrrole nitrogens is 1. The zero-order chi connectivity index (χ0) is 14.6. The van der Waals surface area contributed by atoms with Gasteiger partial charge in [0.1, 0.15) is 11.6 Å². The number of hydrogen-bond donors (Lipinski definition) is 2. The van der Waals surface area contributed by atoms with Gasteiger partial charge in [0.05, 0.1) is 6.04 Å². The lowest BCUT2D eigenvalue weighted by Gasteiger charge is -2.17. The third-order valence-electron chi connectivity index (χ3n) is 2.63. The molecule has 2 aromatic rings. The molecule has 1 atom stereocenters. The Bertz CT molecular complexity index is 540. The number of nitrogens with zero attached hydrogens (tertiary/aromatic N) is 1. The quantitative estimate of drug-likeness (QED) is 0.888. The van der Waals surface area contributed by atoms with E-state index in [2.05, 4.69) is 20.0 Å². The van der Waals surface area contributed by atoms with Crippen molar-refractivity contribution in [1.82, 2.24) is 15.3 Å². The predicted octanol–water partition coefficient (Wildman–Crippen LogP) is 3.01. The Hall–Kier alpha value is -2.02. The fourth-order valence-electron chi connectivity index (χ4n) is 1.90. The Morgan fingerprint density at radius 3 is 2.80 bits per heavy atom. The molecule has 0 radical (unpaired) electrons. The van der Waals surface area contributed by atoms with E-state index in [0.717, 1.165) is 0 Å². The molecule has 1 unspecified atom stereocenters. The maximum atomic E-state index is 12.2. The molecule has 20 heavy (non-hydrogen) atoms. The second kappa shape index (κ2) is 5.96. The van der Waals surface area contributed by atoms with Gasteiger partial charge >= 0.3 is 6.36 Å². The molecule has 1 heterocycles. The molecule has 0 saturated heterocycles. The van der Waals surface area contributed by atoms with Crippen LogP contribution in [0.15, 0.2) is 36.7 Å². The van der Waals surface area contributed by atoms with Gasteiger partial charge in [-0.25, -0.2) is 4.98 Å². The highest BCUT2D eigenvalue weighted by atomic mass is 19.4. The van der Waals surface area contributed by atoms with Crippen molar-refractivity contribution < 1.29 is 17.9 Å². The fourth-order valence-corrected chi connectivity index (χ4v) is 1.90. The summed E-state index contributed by atoms with van der Waals surface area (Å²) in [6, 6.07) is 5.54. The number of halogens is 3. The van der Waals surface area contributed by atoms with Crippen molar-refractivity contribution in [3.63, 3.8) is 0 Å². The molecule has 4 nitrogen and oxygen atoms in total. The van der Waals surface area contributed by atoms with E-state index in [-0.39, 0.29) is 11.8 Å². The lowest BCUT2D eigenvalue weighted by molar-refractivity contribution is -0.274. The summed E-state index contributed by atoms with van der Waals surface area (Å²) in [5.74, 6) is 0.389. The van der Waals surface area contributed by atoms with Gasteiger partial charge in [-0.2, -0.15) is 0 Å². The van der Waals surface area contributed by atoms with Crippen LogP contribution in [-0.2, 0) is 0 Å². The lowest BCUT2D eigenvalue weighted by atomic mass is 10.1. The van der Waals surface area contributed by atoms with Crippen LogP contribution in [0.25, 0.3) is 0 Å². The van der Waals surface area contributed by atoms with Crippen LogP contribution in [0.2, 0.25) is 0 Å². The van der Waals surface area contributed by atoms with E-state index in [9.17, 15) is 13.2 Å². The highest BCUT2D eigenvalue weighted by Crippen LogP contribution is 2.27. The van der Waals surface area contributed by atoms with Crippen LogP contribution in [0.3, 0.4) is 0 Å². The first-order valence-corrected chi connectivity index (χ1v) is 6.08. The van der Waals surface area contributed by atoms with E-state index in [1.807, 2.05) is 6.92 Å². The Labute approximate surface area is 114 Å². The second-order valence-electron chi connectivity index (χ2n) is 4.09. The van der Waals surface area contributed by atoms with Gasteiger partial charge in [0.15, 0.2) is 0 Å². The molecule has 0 aliphatic carbocycles. The topological polar surface area (TPSA) is 49.9 Å². The molecule has 1 aromatic heterocycles. The highest BCUT2D eigenvalue weighted by molar-refractivity contribution is 5.33. The number of aromatic amines is 1. The van der Waals surface area contributed by atoms with Crippen LogP contribution in [0.4, 0.5) is 13.2 Å². The predicted molar refractivity (Wildman–Crippen MR) is 67.2 cm³/mol. The molecule has 0 aliphatic heterocycles. The fraction of sp³-hybridized carbons (Fsp3) is 0.308. The van der Waals surface area contributed by atoms with Crippen molar-refractivity contribution in [2.75, 3.05) is 6.54 Å². The minimum atomic E-state index is -4.70. The van der Waals surface area contributed by atoms with Crippen LogP contribution >= 0.6 is 0 Å². The van der Waals surface area contributed by atoms with E-state index in [4.69, 9.17) is 0 Å². The van der Waals surface area contributed by atoms with Crippen LogP contribution < -0.4 is 10.1 Å². The van der Waals surface area contributed by atoms with E-state index in [0.29, 0.717) is 17.9 Å². The van der Waals surface area contributed by atoms with Crippen molar-refractivity contribution in [2.45, 2.75) is 19.3 Å². The Morgan fingerprint density at radius 2 is 2.20 bits per heavy atom. The van der Waals surface area contributed by atoms with Gasteiger partial charge in [-0.05, 0) is 24.2 Å². The lowest BCUT2D eigenvalue weighted by Crippen LogP contribution is -2.23. The maximum Gasteiger partial charge on any atom is 0.573 e.